The van der Waals surface area contributed by atoms with Gasteiger partial charge in [0.25, 0.3) is 0 Å². The highest BCUT2D eigenvalue weighted by molar-refractivity contribution is 5.69. The maximum absolute atomic E-state index is 12.6. The van der Waals surface area contributed by atoms with Crippen molar-refractivity contribution in [1.82, 2.24) is 0 Å². The Kier molecular flexibility index (Phi) is 34.9. The van der Waals surface area contributed by atoms with Crippen molar-refractivity contribution in [3.8, 4) is 0 Å². The number of aliphatic hydroxyl groups is 1. The molecule has 0 saturated heterocycles. The van der Waals surface area contributed by atoms with Crippen LogP contribution in [0.15, 0.2) is 24.3 Å². The standard InChI is InChI=1S/C41H76O5/c1-3-5-7-21-28-34-39(35-29-23-18-14-10-11-15-19-24-30-36-40(43)44)46-41(45)37-31-25-20-16-12-9-13-17-22-27-33-38(42)32-26-8-6-4-2/h22-23,27,29,38-39,42H,3-21,24-26,28,30-37H2,1-2H3,(H,43,44)/b27-22-,29-23-/t38?,39-/m1/s1. The third-order valence-electron chi connectivity index (χ3n) is 8.97. The molecule has 0 aliphatic heterocycles. The number of carboxylic acids is 1. The lowest BCUT2D eigenvalue weighted by Gasteiger charge is -2.16. The zero-order valence-corrected chi connectivity index (χ0v) is 30.5. The fraction of sp³-hybridized carbons (Fsp3) is 0.854. The van der Waals surface area contributed by atoms with E-state index >= 15 is 0 Å². The third kappa shape index (κ3) is 35.2. The van der Waals surface area contributed by atoms with Gasteiger partial charge in [-0.15, -0.1) is 0 Å². The van der Waals surface area contributed by atoms with Crippen LogP contribution in [-0.2, 0) is 14.3 Å². The molecular formula is C41H76O5. The summed E-state index contributed by atoms with van der Waals surface area (Å²) < 4.78 is 5.95. The highest BCUT2D eigenvalue weighted by Gasteiger charge is 2.13. The van der Waals surface area contributed by atoms with Crippen LogP contribution in [0.2, 0.25) is 0 Å². The second-order valence-corrected chi connectivity index (χ2v) is 13.7. The SMILES string of the molecule is CCCCCCC[C@H](C/C=C\CCCCCCCCCC(=O)O)OC(=O)CCCCCCCCC/C=C\CC(O)CCCCCC. The zero-order chi connectivity index (χ0) is 33.8. The molecule has 0 rings (SSSR count). The first-order valence-corrected chi connectivity index (χ1v) is 19.9. The molecule has 0 fully saturated rings. The lowest BCUT2D eigenvalue weighted by atomic mass is 10.0. The molecule has 0 amide bonds. The van der Waals surface area contributed by atoms with Crippen molar-refractivity contribution in [2.24, 2.45) is 0 Å². The average molecular weight is 649 g/mol. The molecule has 0 spiro atoms. The van der Waals surface area contributed by atoms with Gasteiger partial charge < -0.3 is 14.9 Å². The van der Waals surface area contributed by atoms with Gasteiger partial charge in [0.1, 0.15) is 6.10 Å². The maximum atomic E-state index is 12.6. The Morgan fingerprint density at radius 2 is 0.957 bits per heavy atom. The van der Waals surface area contributed by atoms with Crippen molar-refractivity contribution in [3.05, 3.63) is 24.3 Å². The number of hydrogen-bond donors (Lipinski definition) is 2. The Hall–Kier alpha value is -1.62. The van der Waals surface area contributed by atoms with E-state index in [9.17, 15) is 14.7 Å². The Labute approximate surface area is 285 Å². The molecule has 2 N–H and O–H groups in total. The minimum atomic E-state index is -0.686. The number of aliphatic carboxylic acids is 1. The smallest absolute Gasteiger partial charge is 0.306 e. The summed E-state index contributed by atoms with van der Waals surface area (Å²) in [5.74, 6) is -0.706. The van der Waals surface area contributed by atoms with Gasteiger partial charge in [-0.25, -0.2) is 0 Å². The summed E-state index contributed by atoms with van der Waals surface area (Å²) in [5, 5.41) is 18.7. The number of carbonyl (C=O) groups is 2. The number of esters is 1. The monoisotopic (exact) mass is 649 g/mol. The predicted octanol–water partition coefficient (Wildman–Crippen LogP) is 12.6. The van der Waals surface area contributed by atoms with Gasteiger partial charge in [0.15, 0.2) is 0 Å². The van der Waals surface area contributed by atoms with Gasteiger partial charge in [0, 0.05) is 19.3 Å². The van der Waals surface area contributed by atoms with E-state index in [1.165, 1.54) is 103 Å². The van der Waals surface area contributed by atoms with Gasteiger partial charge in [-0.05, 0) is 64.2 Å². The van der Waals surface area contributed by atoms with Gasteiger partial charge in [-0.2, -0.15) is 0 Å². The molecule has 1 unspecified atom stereocenters. The molecule has 270 valence electrons. The van der Waals surface area contributed by atoms with Crippen LogP contribution >= 0.6 is 0 Å². The van der Waals surface area contributed by atoms with Gasteiger partial charge in [-0.1, -0.05) is 154 Å². The van der Waals surface area contributed by atoms with E-state index in [4.69, 9.17) is 9.84 Å². The van der Waals surface area contributed by atoms with E-state index in [0.717, 1.165) is 83.5 Å². The van der Waals surface area contributed by atoms with Crippen LogP contribution in [0, 0.1) is 0 Å². The number of ether oxygens (including phenoxy) is 1. The van der Waals surface area contributed by atoms with E-state index in [0.29, 0.717) is 12.8 Å². The molecular weight excluding hydrogens is 572 g/mol. The number of hydrogen-bond acceptors (Lipinski definition) is 4. The normalized spacial score (nSPS) is 13.1. The van der Waals surface area contributed by atoms with Crippen LogP contribution < -0.4 is 0 Å². The van der Waals surface area contributed by atoms with Crippen molar-refractivity contribution in [2.75, 3.05) is 0 Å². The first kappa shape index (κ1) is 44.4. The highest BCUT2D eigenvalue weighted by Crippen LogP contribution is 2.17. The number of unbranched alkanes of at least 4 members (excludes halogenated alkanes) is 21. The summed E-state index contributed by atoms with van der Waals surface area (Å²) in [5.41, 5.74) is 0. The molecule has 0 aromatic carbocycles. The summed E-state index contributed by atoms with van der Waals surface area (Å²) in [6.45, 7) is 4.46. The average Bonchev–Trinajstić information content (AvgIpc) is 3.03. The highest BCUT2D eigenvalue weighted by atomic mass is 16.5. The Morgan fingerprint density at radius 1 is 0.522 bits per heavy atom. The fourth-order valence-corrected chi connectivity index (χ4v) is 5.94. The molecule has 0 radical (unpaired) electrons. The Bertz CT molecular complexity index is 716. The van der Waals surface area contributed by atoms with E-state index in [1.807, 2.05) is 0 Å². The molecule has 0 heterocycles. The lowest BCUT2D eigenvalue weighted by Crippen LogP contribution is -2.17. The van der Waals surface area contributed by atoms with Crippen LogP contribution in [0.4, 0.5) is 0 Å². The Balaban J connectivity index is 3.95. The fourth-order valence-electron chi connectivity index (χ4n) is 5.94. The lowest BCUT2D eigenvalue weighted by molar-refractivity contribution is -0.149. The summed E-state index contributed by atoms with van der Waals surface area (Å²) in [6.07, 6.45) is 42.4. The van der Waals surface area contributed by atoms with Crippen molar-refractivity contribution < 1.29 is 24.5 Å². The molecule has 46 heavy (non-hydrogen) atoms. The van der Waals surface area contributed by atoms with Crippen molar-refractivity contribution in [1.29, 1.82) is 0 Å². The molecule has 0 aliphatic carbocycles. The summed E-state index contributed by atoms with van der Waals surface area (Å²) in [4.78, 5) is 23.2. The van der Waals surface area contributed by atoms with Crippen molar-refractivity contribution in [2.45, 2.75) is 225 Å². The zero-order valence-electron chi connectivity index (χ0n) is 30.5. The van der Waals surface area contributed by atoms with Crippen molar-refractivity contribution >= 4 is 11.9 Å². The summed E-state index contributed by atoms with van der Waals surface area (Å²) in [6, 6.07) is 0. The van der Waals surface area contributed by atoms with Gasteiger partial charge in [0.2, 0.25) is 0 Å². The van der Waals surface area contributed by atoms with Crippen LogP contribution in [0.3, 0.4) is 0 Å². The van der Waals surface area contributed by atoms with Crippen LogP contribution in [0.25, 0.3) is 0 Å². The molecule has 2 atom stereocenters. The van der Waals surface area contributed by atoms with Gasteiger partial charge in [-0.3, -0.25) is 9.59 Å². The minimum absolute atomic E-state index is 0.0132. The molecule has 0 aromatic heterocycles. The number of carboxylic acid groups (broad SMARTS) is 1. The Morgan fingerprint density at radius 3 is 1.52 bits per heavy atom. The first-order chi connectivity index (χ1) is 22.5. The maximum Gasteiger partial charge on any atom is 0.306 e. The van der Waals surface area contributed by atoms with Crippen molar-refractivity contribution in [3.63, 3.8) is 0 Å². The van der Waals surface area contributed by atoms with Crippen LogP contribution in [0.1, 0.15) is 213 Å². The number of carbonyl (C=O) groups excluding carboxylic acids is 1. The van der Waals surface area contributed by atoms with E-state index < -0.39 is 5.97 Å². The molecule has 0 aliphatic rings. The van der Waals surface area contributed by atoms with E-state index in [-0.39, 0.29) is 18.2 Å². The van der Waals surface area contributed by atoms with E-state index in [2.05, 4.69) is 38.2 Å². The number of rotatable bonds is 36. The third-order valence-corrected chi connectivity index (χ3v) is 8.97. The molecule has 0 bridgehead atoms. The predicted molar refractivity (Wildman–Crippen MR) is 196 cm³/mol. The summed E-state index contributed by atoms with van der Waals surface area (Å²) in [7, 11) is 0. The van der Waals surface area contributed by atoms with Crippen LogP contribution in [-0.4, -0.2) is 34.4 Å². The first-order valence-electron chi connectivity index (χ1n) is 19.9. The summed E-state index contributed by atoms with van der Waals surface area (Å²) >= 11 is 0. The number of allylic oxidation sites excluding steroid dienone is 2. The largest absolute Gasteiger partial charge is 0.481 e. The quantitative estimate of drug-likeness (QED) is 0.0401. The topological polar surface area (TPSA) is 83.8 Å². The minimum Gasteiger partial charge on any atom is -0.481 e. The second-order valence-electron chi connectivity index (χ2n) is 13.7. The van der Waals surface area contributed by atoms with Gasteiger partial charge in [0.05, 0.1) is 6.10 Å². The molecule has 5 heteroatoms. The number of aliphatic hydroxyl groups excluding tert-OH is 1. The second kappa shape index (κ2) is 36.2. The molecule has 5 nitrogen and oxygen atoms in total. The van der Waals surface area contributed by atoms with Gasteiger partial charge >= 0.3 is 11.9 Å². The van der Waals surface area contributed by atoms with E-state index in [1.54, 1.807) is 0 Å². The molecule has 0 aromatic rings. The molecule has 0 saturated carbocycles. The van der Waals surface area contributed by atoms with Crippen LogP contribution in [0.5, 0.6) is 0 Å².